The Hall–Kier alpha value is -1.75. The lowest BCUT2D eigenvalue weighted by atomic mass is 10.3. The molecule has 70 valence electrons. The molecule has 1 heterocycles. The van der Waals surface area contributed by atoms with Gasteiger partial charge in [0.2, 0.25) is 0 Å². The summed E-state index contributed by atoms with van der Waals surface area (Å²) in [7, 11) is 0. The maximum atomic E-state index is 9.03. The van der Waals surface area contributed by atoms with Gasteiger partial charge in [-0.05, 0) is 41.9 Å². The summed E-state index contributed by atoms with van der Waals surface area (Å²) in [4.78, 5) is 0. The zero-order valence-electron chi connectivity index (χ0n) is 7.16. The summed E-state index contributed by atoms with van der Waals surface area (Å²) in [5, 5.41) is 17.7. The molecule has 0 amide bonds. The zero-order chi connectivity index (χ0) is 9.80. The molecule has 0 aliphatic carbocycles. The average Bonchev–Trinajstić information content (AvgIpc) is 2.70. The topological polar surface area (TPSA) is 57.8 Å². The molecule has 0 radical (unpaired) electrons. The van der Waals surface area contributed by atoms with Crippen LogP contribution in [0.4, 0.5) is 10.7 Å². The maximum Gasteiger partial charge on any atom is 0.158 e. The molecule has 0 saturated carbocycles. The number of azo groups is 1. The third-order valence-corrected chi connectivity index (χ3v) is 2.17. The minimum absolute atomic E-state index is 0.224. The first-order chi connectivity index (χ1) is 6.84. The lowest BCUT2D eigenvalue weighted by molar-refractivity contribution is 0.475. The quantitative estimate of drug-likeness (QED) is 0.765. The molecule has 0 bridgehead atoms. The minimum atomic E-state index is 0.224. The van der Waals surface area contributed by atoms with E-state index in [1.165, 1.54) is 11.5 Å². The van der Waals surface area contributed by atoms with E-state index >= 15 is 0 Å². The smallest absolute Gasteiger partial charge is 0.158 e. The van der Waals surface area contributed by atoms with E-state index in [1.807, 2.05) is 0 Å². The molecule has 1 N–H and O–H groups in total. The predicted octanol–water partition coefficient (Wildman–Crippen LogP) is 3.26. The van der Waals surface area contributed by atoms with E-state index in [9.17, 15) is 0 Å². The zero-order valence-corrected chi connectivity index (χ0v) is 7.98. The van der Waals surface area contributed by atoms with Crippen LogP contribution in [0.1, 0.15) is 0 Å². The fourth-order valence-electron chi connectivity index (χ4n) is 0.887. The molecule has 0 saturated heterocycles. The summed E-state index contributed by atoms with van der Waals surface area (Å²) >= 11 is 1.29. The Kier molecular flexibility index (Phi) is 2.51. The number of nitrogens with zero attached hydrogens (tertiary/aromatic N) is 3. The largest absolute Gasteiger partial charge is 0.508 e. The van der Waals surface area contributed by atoms with Gasteiger partial charge in [-0.1, -0.05) is 0 Å². The summed E-state index contributed by atoms with van der Waals surface area (Å²) in [6, 6.07) is 8.32. The van der Waals surface area contributed by atoms with Crippen LogP contribution in [0, 0.1) is 0 Å². The van der Waals surface area contributed by atoms with E-state index in [4.69, 9.17) is 5.11 Å². The molecule has 2 aromatic rings. The molecule has 0 atom stereocenters. The van der Waals surface area contributed by atoms with Crippen LogP contribution in [0.5, 0.6) is 5.75 Å². The van der Waals surface area contributed by atoms with Gasteiger partial charge in [-0.2, -0.15) is 4.37 Å². The molecule has 2 rings (SSSR count). The SMILES string of the molecule is Oc1ccc(N=Nc2ccns2)cc1. The van der Waals surface area contributed by atoms with Crippen molar-refractivity contribution in [2.45, 2.75) is 0 Å². The van der Waals surface area contributed by atoms with Gasteiger partial charge in [0, 0.05) is 6.20 Å². The van der Waals surface area contributed by atoms with Crippen molar-refractivity contribution in [3.63, 3.8) is 0 Å². The number of phenolic OH excluding ortho intramolecular Hbond substituents is 1. The molecule has 1 aromatic carbocycles. The number of rotatable bonds is 2. The third kappa shape index (κ3) is 2.14. The summed E-state index contributed by atoms with van der Waals surface area (Å²) in [6.45, 7) is 0. The standard InChI is InChI=1S/C9H7N3OS/c13-8-3-1-7(2-4-8)11-12-9-5-6-10-14-9/h1-6,13H. The fourth-order valence-corrected chi connectivity index (χ4v) is 1.32. The molecular weight excluding hydrogens is 198 g/mol. The van der Waals surface area contributed by atoms with Crippen molar-refractivity contribution in [2.24, 2.45) is 10.2 Å². The van der Waals surface area contributed by atoms with E-state index in [1.54, 1.807) is 36.5 Å². The summed E-state index contributed by atoms with van der Waals surface area (Å²) in [5.41, 5.74) is 0.705. The van der Waals surface area contributed by atoms with E-state index in [2.05, 4.69) is 14.6 Å². The highest BCUT2D eigenvalue weighted by Gasteiger charge is 1.91. The van der Waals surface area contributed by atoms with Crippen LogP contribution >= 0.6 is 11.5 Å². The minimum Gasteiger partial charge on any atom is -0.508 e. The highest BCUT2D eigenvalue weighted by Crippen LogP contribution is 2.22. The van der Waals surface area contributed by atoms with Crippen LogP contribution < -0.4 is 0 Å². The molecule has 0 unspecified atom stereocenters. The van der Waals surface area contributed by atoms with Gasteiger partial charge in [0.15, 0.2) is 5.00 Å². The van der Waals surface area contributed by atoms with Crippen molar-refractivity contribution in [1.29, 1.82) is 0 Å². The molecular formula is C9H7N3OS. The fraction of sp³-hybridized carbons (Fsp3) is 0. The number of aromatic hydroxyl groups is 1. The molecule has 14 heavy (non-hydrogen) atoms. The van der Waals surface area contributed by atoms with Crippen LogP contribution in [0.25, 0.3) is 0 Å². The normalized spacial score (nSPS) is 10.9. The number of hydrogen-bond donors (Lipinski definition) is 1. The van der Waals surface area contributed by atoms with Gasteiger partial charge >= 0.3 is 0 Å². The second kappa shape index (κ2) is 3.97. The number of phenols is 1. The Labute approximate surface area is 84.7 Å². The predicted molar refractivity (Wildman–Crippen MR) is 54.4 cm³/mol. The van der Waals surface area contributed by atoms with Crippen molar-refractivity contribution < 1.29 is 5.11 Å². The van der Waals surface area contributed by atoms with Gasteiger partial charge in [0.25, 0.3) is 0 Å². The molecule has 0 spiro atoms. The van der Waals surface area contributed by atoms with Crippen molar-refractivity contribution >= 4 is 22.2 Å². The second-order valence-corrected chi connectivity index (χ2v) is 3.38. The van der Waals surface area contributed by atoms with Crippen LogP contribution in [0.15, 0.2) is 46.8 Å². The third-order valence-electron chi connectivity index (χ3n) is 1.54. The van der Waals surface area contributed by atoms with Gasteiger partial charge < -0.3 is 5.11 Å². The van der Waals surface area contributed by atoms with Crippen molar-refractivity contribution in [3.8, 4) is 5.75 Å². The highest BCUT2D eigenvalue weighted by atomic mass is 32.1. The Morgan fingerprint density at radius 2 is 1.86 bits per heavy atom. The summed E-state index contributed by atoms with van der Waals surface area (Å²) < 4.78 is 3.90. The van der Waals surface area contributed by atoms with E-state index in [0.717, 1.165) is 5.00 Å². The van der Waals surface area contributed by atoms with E-state index < -0.39 is 0 Å². The number of aromatic nitrogens is 1. The number of hydrogen-bond acceptors (Lipinski definition) is 5. The van der Waals surface area contributed by atoms with Gasteiger partial charge in [0.1, 0.15) is 5.75 Å². The van der Waals surface area contributed by atoms with Crippen molar-refractivity contribution in [2.75, 3.05) is 0 Å². The lowest BCUT2D eigenvalue weighted by Gasteiger charge is -1.91. The van der Waals surface area contributed by atoms with Crippen LogP contribution in [-0.4, -0.2) is 9.48 Å². The average molecular weight is 205 g/mol. The second-order valence-electron chi connectivity index (χ2n) is 2.57. The maximum absolute atomic E-state index is 9.03. The Morgan fingerprint density at radius 3 is 2.50 bits per heavy atom. The first-order valence-electron chi connectivity index (χ1n) is 3.96. The highest BCUT2D eigenvalue weighted by molar-refractivity contribution is 7.09. The van der Waals surface area contributed by atoms with Crippen LogP contribution in [0.2, 0.25) is 0 Å². The monoisotopic (exact) mass is 205 g/mol. The molecule has 0 aliphatic heterocycles. The van der Waals surface area contributed by atoms with Crippen molar-refractivity contribution in [3.05, 3.63) is 36.5 Å². The van der Waals surface area contributed by atoms with Gasteiger partial charge in [-0.25, -0.2) is 0 Å². The Bertz CT molecular complexity index is 422. The number of benzene rings is 1. The van der Waals surface area contributed by atoms with Gasteiger partial charge in [-0.15, -0.1) is 10.2 Å². The van der Waals surface area contributed by atoms with Gasteiger partial charge in [0.05, 0.1) is 5.69 Å². The summed E-state index contributed by atoms with van der Waals surface area (Å²) in [6.07, 6.45) is 1.68. The van der Waals surface area contributed by atoms with E-state index in [-0.39, 0.29) is 5.75 Å². The molecule has 4 nitrogen and oxygen atoms in total. The first-order valence-corrected chi connectivity index (χ1v) is 4.73. The molecule has 0 fully saturated rings. The summed E-state index contributed by atoms with van der Waals surface area (Å²) in [5.74, 6) is 0.224. The molecule has 5 heteroatoms. The van der Waals surface area contributed by atoms with Crippen molar-refractivity contribution in [1.82, 2.24) is 4.37 Å². The van der Waals surface area contributed by atoms with Crippen LogP contribution in [0.3, 0.4) is 0 Å². The van der Waals surface area contributed by atoms with Crippen LogP contribution in [-0.2, 0) is 0 Å². The molecule has 1 aromatic heterocycles. The molecule has 0 aliphatic rings. The first kappa shape index (κ1) is 8.83. The Morgan fingerprint density at radius 1 is 1.07 bits per heavy atom. The van der Waals surface area contributed by atoms with E-state index in [0.29, 0.717) is 5.69 Å². The Balaban J connectivity index is 2.15. The van der Waals surface area contributed by atoms with Gasteiger partial charge in [-0.3, -0.25) is 0 Å². The lowest BCUT2D eigenvalue weighted by Crippen LogP contribution is -1.63.